The Morgan fingerprint density at radius 3 is 2.53 bits per heavy atom. The standard InChI is InChI=1S/C27H31N3O2/c1-2-14-30-16-15-29(19-23-9-4-6-12-26(23)31)20-24(27(30)32)17-21-8-3-5-11-25(21)22-10-7-13-28-18-22/h3-13,18,24,31H,2,14-17,19-20H2,1H3. The lowest BCUT2D eigenvalue weighted by molar-refractivity contribution is -0.134. The van der Waals surface area contributed by atoms with Gasteiger partial charge in [0.2, 0.25) is 5.91 Å². The van der Waals surface area contributed by atoms with E-state index >= 15 is 0 Å². The van der Waals surface area contributed by atoms with E-state index in [2.05, 4.69) is 35.0 Å². The fourth-order valence-corrected chi connectivity index (χ4v) is 4.55. The first-order valence-electron chi connectivity index (χ1n) is 11.4. The van der Waals surface area contributed by atoms with E-state index in [0.717, 1.165) is 42.7 Å². The average Bonchev–Trinajstić information content (AvgIpc) is 2.96. The summed E-state index contributed by atoms with van der Waals surface area (Å²) in [4.78, 5) is 22.1. The van der Waals surface area contributed by atoms with E-state index in [9.17, 15) is 9.90 Å². The second kappa shape index (κ2) is 10.4. The number of benzene rings is 2. The summed E-state index contributed by atoms with van der Waals surface area (Å²) in [6.07, 6.45) is 5.29. The van der Waals surface area contributed by atoms with Crippen molar-refractivity contribution < 1.29 is 9.90 Å². The van der Waals surface area contributed by atoms with Crippen LogP contribution in [0.3, 0.4) is 0 Å². The van der Waals surface area contributed by atoms with Crippen LogP contribution in [0.1, 0.15) is 24.5 Å². The molecule has 0 radical (unpaired) electrons. The van der Waals surface area contributed by atoms with Gasteiger partial charge >= 0.3 is 0 Å². The van der Waals surface area contributed by atoms with E-state index in [-0.39, 0.29) is 11.8 Å². The van der Waals surface area contributed by atoms with Gasteiger partial charge in [0.1, 0.15) is 5.75 Å². The van der Waals surface area contributed by atoms with Gasteiger partial charge in [-0.2, -0.15) is 0 Å². The predicted molar refractivity (Wildman–Crippen MR) is 127 cm³/mol. The molecule has 166 valence electrons. The number of aromatic nitrogens is 1. The molecule has 5 nitrogen and oxygen atoms in total. The molecular weight excluding hydrogens is 398 g/mol. The molecule has 1 aromatic heterocycles. The maximum absolute atomic E-state index is 13.5. The highest BCUT2D eigenvalue weighted by Crippen LogP contribution is 2.27. The fourth-order valence-electron chi connectivity index (χ4n) is 4.55. The van der Waals surface area contributed by atoms with E-state index in [1.54, 1.807) is 12.3 Å². The summed E-state index contributed by atoms with van der Waals surface area (Å²) in [6.45, 7) is 5.74. The number of nitrogens with zero attached hydrogens (tertiary/aromatic N) is 3. The molecule has 0 bridgehead atoms. The summed E-state index contributed by atoms with van der Waals surface area (Å²) in [5.41, 5.74) is 4.27. The van der Waals surface area contributed by atoms with E-state index in [1.165, 1.54) is 5.56 Å². The molecule has 0 saturated carbocycles. The maximum Gasteiger partial charge on any atom is 0.227 e. The molecule has 1 aliphatic rings. The lowest BCUT2D eigenvalue weighted by Crippen LogP contribution is -2.37. The molecule has 4 rings (SSSR count). The molecule has 1 saturated heterocycles. The number of phenolic OH excluding ortho intramolecular Hbond substituents is 1. The minimum atomic E-state index is -0.132. The molecule has 0 aliphatic carbocycles. The monoisotopic (exact) mass is 429 g/mol. The van der Waals surface area contributed by atoms with Gasteiger partial charge in [0, 0.05) is 56.2 Å². The van der Waals surface area contributed by atoms with Crippen LogP contribution in [0, 0.1) is 5.92 Å². The zero-order valence-electron chi connectivity index (χ0n) is 18.7. The Kier molecular flexibility index (Phi) is 7.17. The molecule has 1 amide bonds. The number of para-hydroxylation sites is 1. The number of phenols is 1. The molecule has 1 atom stereocenters. The zero-order chi connectivity index (χ0) is 22.3. The van der Waals surface area contributed by atoms with Gasteiger partial charge < -0.3 is 10.0 Å². The van der Waals surface area contributed by atoms with Crippen LogP contribution in [0.2, 0.25) is 0 Å². The Balaban J connectivity index is 1.60. The van der Waals surface area contributed by atoms with Gasteiger partial charge in [-0.1, -0.05) is 55.5 Å². The van der Waals surface area contributed by atoms with Gasteiger partial charge in [0.25, 0.3) is 0 Å². The summed E-state index contributed by atoms with van der Waals surface area (Å²) < 4.78 is 0. The van der Waals surface area contributed by atoms with Gasteiger partial charge in [-0.15, -0.1) is 0 Å². The average molecular weight is 430 g/mol. The predicted octanol–water partition coefficient (Wildman–Crippen LogP) is 4.37. The summed E-state index contributed by atoms with van der Waals surface area (Å²) in [5.74, 6) is 0.410. The normalized spacial score (nSPS) is 17.3. The second-order valence-electron chi connectivity index (χ2n) is 8.49. The van der Waals surface area contributed by atoms with Gasteiger partial charge in [0.15, 0.2) is 0 Å². The van der Waals surface area contributed by atoms with Crippen molar-refractivity contribution in [2.45, 2.75) is 26.3 Å². The third-order valence-electron chi connectivity index (χ3n) is 6.16. The molecule has 2 aromatic carbocycles. The summed E-state index contributed by atoms with van der Waals surface area (Å²) in [7, 11) is 0. The molecule has 1 aliphatic heterocycles. The van der Waals surface area contributed by atoms with Crippen LogP contribution in [0.25, 0.3) is 11.1 Å². The minimum absolute atomic E-state index is 0.132. The van der Waals surface area contributed by atoms with Gasteiger partial charge in [0.05, 0.1) is 5.92 Å². The first-order valence-corrected chi connectivity index (χ1v) is 11.4. The molecule has 1 fully saturated rings. The molecule has 32 heavy (non-hydrogen) atoms. The van der Waals surface area contributed by atoms with Gasteiger partial charge in [-0.05, 0) is 36.1 Å². The molecule has 2 heterocycles. The number of amides is 1. The van der Waals surface area contributed by atoms with Crippen molar-refractivity contribution in [3.8, 4) is 16.9 Å². The Labute approximate surface area is 190 Å². The highest BCUT2D eigenvalue weighted by Gasteiger charge is 2.31. The number of pyridine rings is 1. The molecule has 1 N–H and O–H groups in total. The topological polar surface area (TPSA) is 56.7 Å². The Morgan fingerprint density at radius 2 is 1.78 bits per heavy atom. The van der Waals surface area contributed by atoms with E-state index in [0.29, 0.717) is 25.3 Å². The van der Waals surface area contributed by atoms with Crippen molar-refractivity contribution in [3.63, 3.8) is 0 Å². The Morgan fingerprint density at radius 1 is 1.00 bits per heavy atom. The first-order chi connectivity index (χ1) is 15.7. The van der Waals surface area contributed by atoms with Crippen LogP contribution in [-0.4, -0.2) is 52.0 Å². The third kappa shape index (κ3) is 5.17. The molecule has 5 heteroatoms. The van der Waals surface area contributed by atoms with Crippen molar-refractivity contribution in [2.75, 3.05) is 26.2 Å². The van der Waals surface area contributed by atoms with Crippen molar-refractivity contribution in [3.05, 3.63) is 84.2 Å². The lowest BCUT2D eigenvalue weighted by atomic mass is 9.91. The lowest BCUT2D eigenvalue weighted by Gasteiger charge is -2.25. The third-order valence-corrected chi connectivity index (χ3v) is 6.16. The number of carbonyl (C=O) groups excluding carboxylic acids is 1. The molecule has 0 spiro atoms. The van der Waals surface area contributed by atoms with Crippen LogP contribution in [0.15, 0.2) is 73.1 Å². The van der Waals surface area contributed by atoms with E-state index in [4.69, 9.17) is 0 Å². The Hall–Kier alpha value is -3.18. The maximum atomic E-state index is 13.5. The van der Waals surface area contributed by atoms with Crippen molar-refractivity contribution in [1.82, 2.24) is 14.8 Å². The number of rotatable bonds is 7. The first kappa shape index (κ1) is 22.0. The SMILES string of the molecule is CCCN1CCN(Cc2ccccc2O)CC(Cc2ccccc2-c2cccnc2)C1=O. The summed E-state index contributed by atoms with van der Waals surface area (Å²) >= 11 is 0. The van der Waals surface area contributed by atoms with Crippen LogP contribution in [0.5, 0.6) is 5.75 Å². The van der Waals surface area contributed by atoms with Crippen LogP contribution < -0.4 is 0 Å². The van der Waals surface area contributed by atoms with Crippen molar-refractivity contribution in [1.29, 1.82) is 0 Å². The van der Waals surface area contributed by atoms with Gasteiger partial charge in [-0.25, -0.2) is 0 Å². The highest BCUT2D eigenvalue weighted by atomic mass is 16.3. The zero-order valence-corrected chi connectivity index (χ0v) is 18.7. The molecular formula is C27H31N3O2. The van der Waals surface area contributed by atoms with Crippen LogP contribution >= 0.6 is 0 Å². The summed E-state index contributed by atoms with van der Waals surface area (Å²) in [6, 6.07) is 19.8. The number of aromatic hydroxyl groups is 1. The second-order valence-corrected chi connectivity index (χ2v) is 8.49. The largest absolute Gasteiger partial charge is 0.508 e. The number of hydrogen-bond acceptors (Lipinski definition) is 4. The number of hydrogen-bond donors (Lipinski definition) is 1. The number of carbonyl (C=O) groups is 1. The van der Waals surface area contributed by atoms with Crippen molar-refractivity contribution >= 4 is 5.91 Å². The van der Waals surface area contributed by atoms with E-state index < -0.39 is 0 Å². The molecule has 3 aromatic rings. The Bertz CT molecular complexity index is 1040. The van der Waals surface area contributed by atoms with E-state index in [1.807, 2.05) is 47.5 Å². The quantitative estimate of drug-likeness (QED) is 0.606. The minimum Gasteiger partial charge on any atom is -0.508 e. The molecule has 1 unspecified atom stereocenters. The van der Waals surface area contributed by atoms with Gasteiger partial charge in [-0.3, -0.25) is 14.7 Å². The fraction of sp³-hybridized carbons (Fsp3) is 0.333. The van der Waals surface area contributed by atoms with Crippen molar-refractivity contribution in [2.24, 2.45) is 5.92 Å². The smallest absolute Gasteiger partial charge is 0.227 e. The highest BCUT2D eigenvalue weighted by molar-refractivity contribution is 5.80. The summed E-state index contributed by atoms with van der Waals surface area (Å²) in [5, 5.41) is 10.3. The van der Waals surface area contributed by atoms with Crippen LogP contribution in [0.4, 0.5) is 0 Å². The van der Waals surface area contributed by atoms with Crippen LogP contribution in [-0.2, 0) is 17.8 Å².